The molecule has 0 radical (unpaired) electrons. The third-order valence-corrected chi connectivity index (χ3v) is 3.39. The average molecular weight is 266 g/mol. The van der Waals surface area contributed by atoms with E-state index in [-0.39, 0.29) is 5.91 Å². The first-order valence-corrected chi connectivity index (χ1v) is 6.81. The summed E-state index contributed by atoms with van der Waals surface area (Å²) >= 11 is 0. The predicted octanol–water partition coefficient (Wildman–Crippen LogP) is 0.110. The Morgan fingerprint density at radius 2 is 2.26 bits per heavy atom. The van der Waals surface area contributed by atoms with Gasteiger partial charge in [-0.15, -0.1) is 0 Å². The van der Waals surface area contributed by atoms with E-state index in [1.807, 2.05) is 12.3 Å². The topological polar surface area (TPSA) is 59.4 Å². The van der Waals surface area contributed by atoms with Gasteiger partial charge >= 0.3 is 0 Å². The maximum Gasteiger partial charge on any atom is 0.221 e. The van der Waals surface area contributed by atoms with Crippen molar-refractivity contribution in [1.29, 1.82) is 0 Å². The van der Waals surface area contributed by atoms with Crippen molar-refractivity contribution >= 4 is 5.91 Å². The number of nitrogens with one attached hydrogen (secondary N) is 1. The Balaban J connectivity index is 1.62. The third-order valence-electron chi connectivity index (χ3n) is 3.39. The molecule has 0 aliphatic carbocycles. The van der Waals surface area contributed by atoms with E-state index in [4.69, 9.17) is 4.74 Å². The molecular formula is C13H22N4O2. The van der Waals surface area contributed by atoms with Crippen LogP contribution in [-0.4, -0.2) is 59.5 Å². The van der Waals surface area contributed by atoms with Crippen LogP contribution in [0.2, 0.25) is 0 Å². The Hall–Kier alpha value is -1.40. The largest absolute Gasteiger partial charge is 0.379 e. The van der Waals surface area contributed by atoms with Crippen molar-refractivity contribution in [3.05, 3.63) is 18.5 Å². The van der Waals surface area contributed by atoms with Gasteiger partial charge in [-0.25, -0.2) is 0 Å². The highest BCUT2D eigenvalue weighted by molar-refractivity contribution is 5.75. The fourth-order valence-electron chi connectivity index (χ4n) is 2.15. The van der Waals surface area contributed by atoms with Crippen LogP contribution in [0.25, 0.3) is 0 Å². The normalized spacial score (nSPS) is 18.2. The lowest BCUT2D eigenvalue weighted by Crippen LogP contribution is -2.47. The molecule has 0 saturated carbocycles. The molecule has 0 bridgehead atoms. The van der Waals surface area contributed by atoms with Crippen LogP contribution in [0.1, 0.15) is 13.3 Å². The summed E-state index contributed by atoms with van der Waals surface area (Å²) in [5.74, 6) is 0.0793. The summed E-state index contributed by atoms with van der Waals surface area (Å²) in [5, 5.41) is 7.05. The lowest BCUT2D eigenvalue weighted by Gasteiger charge is -2.32. The molecule has 0 aromatic carbocycles. The number of rotatable bonds is 6. The molecule has 0 spiro atoms. The second kappa shape index (κ2) is 7.25. The standard InChI is InChI=1S/C13H22N4O2/c1-12(16-7-9-19-10-8-16)11-14-13(18)3-6-17-5-2-4-15-17/h2,4-5,12H,3,6-11H2,1H3,(H,14,18). The minimum atomic E-state index is 0.0793. The fourth-order valence-corrected chi connectivity index (χ4v) is 2.15. The van der Waals surface area contributed by atoms with Crippen molar-refractivity contribution in [1.82, 2.24) is 20.0 Å². The predicted molar refractivity (Wildman–Crippen MR) is 71.7 cm³/mol. The first-order chi connectivity index (χ1) is 9.25. The van der Waals surface area contributed by atoms with Crippen LogP contribution in [-0.2, 0) is 16.1 Å². The van der Waals surface area contributed by atoms with Gasteiger partial charge in [0.25, 0.3) is 0 Å². The number of amides is 1. The molecule has 1 unspecified atom stereocenters. The van der Waals surface area contributed by atoms with Crippen molar-refractivity contribution in [3.63, 3.8) is 0 Å². The summed E-state index contributed by atoms with van der Waals surface area (Å²) in [4.78, 5) is 14.1. The van der Waals surface area contributed by atoms with Gasteiger partial charge in [0, 0.05) is 51.0 Å². The van der Waals surface area contributed by atoms with Gasteiger partial charge in [0.15, 0.2) is 0 Å². The zero-order valence-corrected chi connectivity index (χ0v) is 11.4. The minimum Gasteiger partial charge on any atom is -0.379 e. The quantitative estimate of drug-likeness (QED) is 0.794. The lowest BCUT2D eigenvalue weighted by molar-refractivity contribution is -0.121. The highest BCUT2D eigenvalue weighted by atomic mass is 16.5. The van der Waals surface area contributed by atoms with Gasteiger partial charge in [-0.1, -0.05) is 0 Å². The number of ether oxygens (including phenoxy) is 1. The smallest absolute Gasteiger partial charge is 0.221 e. The third kappa shape index (κ3) is 4.65. The number of aromatic nitrogens is 2. The van der Waals surface area contributed by atoms with Gasteiger partial charge in [0.1, 0.15) is 0 Å². The molecule has 1 atom stereocenters. The van der Waals surface area contributed by atoms with Gasteiger partial charge in [-0.2, -0.15) is 5.10 Å². The van der Waals surface area contributed by atoms with Crippen molar-refractivity contribution in [2.45, 2.75) is 25.9 Å². The molecule has 1 N–H and O–H groups in total. The zero-order chi connectivity index (χ0) is 13.5. The molecular weight excluding hydrogens is 244 g/mol. The lowest BCUT2D eigenvalue weighted by atomic mass is 10.2. The van der Waals surface area contributed by atoms with E-state index in [0.29, 0.717) is 25.6 Å². The number of hydrogen-bond donors (Lipinski definition) is 1. The molecule has 106 valence electrons. The Labute approximate surface area is 113 Å². The Kier molecular flexibility index (Phi) is 5.35. The van der Waals surface area contributed by atoms with Gasteiger partial charge in [0.2, 0.25) is 5.91 Å². The molecule has 1 aromatic heterocycles. The summed E-state index contributed by atoms with van der Waals surface area (Å²) in [6.07, 6.45) is 4.06. The molecule has 1 amide bonds. The Bertz CT molecular complexity index is 374. The van der Waals surface area contributed by atoms with E-state index < -0.39 is 0 Å². The van der Waals surface area contributed by atoms with Gasteiger partial charge in [-0.3, -0.25) is 14.4 Å². The van der Waals surface area contributed by atoms with Crippen molar-refractivity contribution in [2.24, 2.45) is 0 Å². The summed E-state index contributed by atoms with van der Waals surface area (Å²) in [6, 6.07) is 2.22. The Morgan fingerprint density at radius 3 is 2.95 bits per heavy atom. The van der Waals surface area contributed by atoms with Gasteiger partial charge < -0.3 is 10.1 Å². The molecule has 19 heavy (non-hydrogen) atoms. The van der Waals surface area contributed by atoms with Crippen molar-refractivity contribution in [3.8, 4) is 0 Å². The molecule has 6 heteroatoms. The number of carbonyl (C=O) groups excluding carboxylic acids is 1. The van der Waals surface area contributed by atoms with Crippen LogP contribution in [0.15, 0.2) is 18.5 Å². The number of hydrogen-bond acceptors (Lipinski definition) is 4. The first-order valence-electron chi connectivity index (χ1n) is 6.81. The van der Waals surface area contributed by atoms with E-state index in [1.54, 1.807) is 10.9 Å². The van der Waals surface area contributed by atoms with Crippen LogP contribution < -0.4 is 5.32 Å². The second-order valence-corrected chi connectivity index (χ2v) is 4.82. The number of nitrogens with zero attached hydrogens (tertiary/aromatic N) is 3. The summed E-state index contributed by atoms with van der Waals surface area (Å²) < 4.78 is 7.09. The number of aryl methyl sites for hydroxylation is 1. The zero-order valence-electron chi connectivity index (χ0n) is 11.4. The number of morpholine rings is 1. The van der Waals surface area contributed by atoms with E-state index >= 15 is 0 Å². The van der Waals surface area contributed by atoms with E-state index in [0.717, 1.165) is 26.3 Å². The van der Waals surface area contributed by atoms with E-state index in [1.165, 1.54) is 0 Å². The highest BCUT2D eigenvalue weighted by Gasteiger charge is 2.17. The molecule has 6 nitrogen and oxygen atoms in total. The van der Waals surface area contributed by atoms with Gasteiger partial charge in [-0.05, 0) is 13.0 Å². The van der Waals surface area contributed by atoms with E-state index in [2.05, 4.69) is 22.2 Å². The Morgan fingerprint density at radius 1 is 1.47 bits per heavy atom. The van der Waals surface area contributed by atoms with Crippen molar-refractivity contribution < 1.29 is 9.53 Å². The first kappa shape index (κ1) is 14.0. The molecule has 2 rings (SSSR count). The van der Waals surface area contributed by atoms with Crippen molar-refractivity contribution in [2.75, 3.05) is 32.8 Å². The molecule has 1 aliphatic rings. The van der Waals surface area contributed by atoms with Crippen LogP contribution in [0.5, 0.6) is 0 Å². The maximum absolute atomic E-state index is 11.7. The van der Waals surface area contributed by atoms with Crippen LogP contribution in [0.4, 0.5) is 0 Å². The SMILES string of the molecule is CC(CNC(=O)CCn1cccn1)N1CCOCC1. The number of carbonyl (C=O) groups is 1. The molecule has 1 fully saturated rings. The summed E-state index contributed by atoms with van der Waals surface area (Å²) in [5.41, 5.74) is 0. The molecule has 2 heterocycles. The molecule has 1 saturated heterocycles. The maximum atomic E-state index is 11.7. The van der Waals surface area contributed by atoms with Crippen LogP contribution in [0.3, 0.4) is 0 Å². The molecule has 1 aliphatic heterocycles. The van der Waals surface area contributed by atoms with Crippen LogP contribution in [0, 0.1) is 0 Å². The second-order valence-electron chi connectivity index (χ2n) is 4.82. The minimum absolute atomic E-state index is 0.0793. The average Bonchev–Trinajstić information content (AvgIpc) is 2.96. The summed E-state index contributed by atoms with van der Waals surface area (Å²) in [6.45, 7) is 6.94. The van der Waals surface area contributed by atoms with Gasteiger partial charge in [0.05, 0.1) is 13.2 Å². The van der Waals surface area contributed by atoms with Crippen LogP contribution >= 0.6 is 0 Å². The highest BCUT2D eigenvalue weighted by Crippen LogP contribution is 2.02. The fraction of sp³-hybridized carbons (Fsp3) is 0.692. The summed E-state index contributed by atoms with van der Waals surface area (Å²) in [7, 11) is 0. The monoisotopic (exact) mass is 266 g/mol. The van der Waals surface area contributed by atoms with E-state index in [9.17, 15) is 4.79 Å². The molecule has 1 aromatic rings.